The molecule has 0 unspecified atom stereocenters. The lowest BCUT2D eigenvalue weighted by atomic mass is 10.0. The van der Waals surface area contributed by atoms with Crippen molar-refractivity contribution in [1.82, 2.24) is 10.2 Å². The summed E-state index contributed by atoms with van der Waals surface area (Å²) in [6.07, 6.45) is 1.90. The highest BCUT2D eigenvalue weighted by molar-refractivity contribution is 5.77. The van der Waals surface area contributed by atoms with E-state index in [4.69, 9.17) is 9.47 Å². The fraction of sp³-hybridized carbons (Fsp3) is 0.409. The first kappa shape index (κ1) is 19.2. The maximum atomic E-state index is 12.1. The van der Waals surface area contributed by atoms with Crippen molar-refractivity contribution < 1.29 is 14.3 Å². The number of methoxy groups -OCH3 is 1. The molecule has 5 heteroatoms. The zero-order valence-electron chi connectivity index (χ0n) is 16.1. The highest BCUT2D eigenvalue weighted by Crippen LogP contribution is 2.21. The average molecular weight is 368 g/mol. The Kier molecular flexibility index (Phi) is 6.71. The quantitative estimate of drug-likeness (QED) is 0.816. The number of carbonyl (C=O) groups excluding carboxylic acids is 1. The molecule has 1 aliphatic rings. The van der Waals surface area contributed by atoms with Crippen LogP contribution in [-0.2, 0) is 11.3 Å². The maximum Gasteiger partial charge on any atom is 0.258 e. The van der Waals surface area contributed by atoms with Crippen molar-refractivity contribution in [1.29, 1.82) is 0 Å². The lowest BCUT2D eigenvalue weighted by Crippen LogP contribution is -2.45. The van der Waals surface area contributed by atoms with Crippen LogP contribution in [0.15, 0.2) is 48.5 Å². The molecule has 1 heterocycles. The molecule has 144 valence electrons. The molecule has 2 aromatic rings. The van der Waals surface area contributed by atoms with Crippen LogP contribution >= 0.6 is 0 Å². The first-order valence-electron chi connectivity index (χ1n) is 9.47. The number of carbonyl (C=O) groups is 1. The first-order chi connectivity index (χ1) is 13.1. The fourth-order valence-electron chi connectivity index (χ4n) is 3.36. The Labute approximate surface area is 161 Å². The normalized spacial score (nSPS) is 15.3. The van der Waals surface area contributed by atoms with Gasteiger partial charge in [0.25, 0.3) is 5.91 Å². The van der Waals surface area contributed by atoms with Gasteiger partial charge in [-0.2, -0.15) is 0 Å². The summed E-state index contributed by atoms with van der Waals surface area (Å²) < 4.78 is 11.0. The molecular weight excluding hydrogens is 340 g/mol. The largest absolute Gasteiger partial charge is 0.496 e. The summed E-state index contributed by atoms with van der Waals surface area (Å²) in [5.41, 5.74) is 2.38. The number of ether oxygens (including phenoxy) is 2. The van der Waals surface area contributed by atoms with Gasteiger partial charge in [-0.15, -0.1) is 0 Å². The smallest absolute Gasteiger partial charge is 0.258 e. The van der Waals surface area contributed by atoms with Crippen LogP contribution < -0.4 is 14.8 Å². The van der Waals surface area contributed by atoms with Crippen LogP contribution in [0.3, 0.4) is 0 Å². The summed E-state index contributed by atoms with van der Waals surface area (Å²) in [6, 6.07) is 16.1. The SMILES string of the molecule is COc1ccccc1CN1CCC(NC(=O)COc2ccc(C)cc2)CC1. The molecule has 1 amide bonds. The van der Waals surface area contributed by atoms with Gasteiger partial charge >= 0.3 is 0 Å². The molecule has 1 aliphatic heterocycles. The van der Waals surface area contributed by atoms with E-state index in [-0.39, 0.29) is 18.6 Å². The predicted molar refractivity (Wildman–Crippen MR) is 106 cm³/mol. The third kappa shape index (κ3) is 5.73. The molecule has 1 fully saturated rings. The Balaban J connectivity index is 1.40. The van der Waals surface area contributed by atoms with E-state index in [2.05, 4.69) is 16.3 Å². The van der Waals surface area contributed by atoms with E-state index in [1.807, 2.05) is 49.4 Å². The molecule has 0 atom stereocenters. The minimum absolute atomic E-state index is 0.0567. The van der Waals surface area contributed by atoms with Crippen LogP contribution in [0, 0.1) is 6.92 Å². The topological polar surface area (TPSA) is 50.8 Å². The van der Waals surface area contributed by atoms with Gasteiger partial charge < -0.3 is 14.8 Å². The molecule has 1 saturated heterocycles. The number of nitrogens with one attached hydrogen (secondary N) is 1. The Morgan fingerprint density at radius 1 is 1.11 bits per heavy atom. The van der Waals surface area contributed by atoms with E-state index in [0.717, 1.165) is 44.0 Å². The van der Waals surface area contributed by atoms with E-state index in [1.54, 1.807) is 7.11 Å². The van der Waals surface area contributed by atoms with E-state index < -0.39 is 0 Å². The Bertz CT molecular complexity index is 737. The van der Waals surface area contributed by atoms with Crippen molar-refractivity contribution in [3.63, 3.8) is 0 Å². The van der Waals surface area contributed by atoms with Crippen LogP contribution in [0.2, 0.25) is 0 Å². The Morgan fingerprint density at radius 3 is 2.52 bits per heavy atom. The molecule has 0 radical (unpaired) electrons. The summed E-state index contributed by atoms with van der Waals surface area (Å²) in [5.74, 6) is 1.60. The van der Waals surface area contributed by atoms with Crippen molar-refractivity contribution in [3.8, 4) is 11.5 Å². The number of piperidine rings is 1. The van der Waals surface area contributed by atoms with Crippen molar-refractivity contribution in [3.05, 3.63) is 59.7 Å². The van der Waals surface area contributed by atoms with Crippen molar-refractivity contribution in [2.24, 2.45) is 0 Å². The van der Waals surface area contributed by atoms with Crippen LogP contribution in [-0.4, -0.2) is 43.7 Å². The standard InChI is InChI=1S/C22H28N2O3/c1-17-7-9-20(10-8-17)27-16-22(25)23-19-11-13-24(14-12-19)15-18-5-3-4-6-21(18)26-2/h3-10,19H,11-16H2,1-2H3,(H,23,25). The van der Waals surface area contributed by atoms with Gasteiger partial charge in [-0.05, 0) is 38.0 Å². The van der Waals surface area contributed by atoms with Crippen molar-refractivity contribution in [2.75, 3.05) is 26.8 Å². The Hall–Kier alpha value is -2.53. The highest BCUT2D eigenvalue weighted by Gasteiger charge is 2.21. The highest BCUT2D eigenvalue weighted by atomic mass is 16.5. The fourth-order valence-corrected chi connectivity index (χ4v) is 3.36. The minimum atomic E-state index is -0.0567. The van der Waals surface area contributed by atoms with Crippen LogP contribution in [0.5, 0.6) is 11.5 Å². The van der Waals surface area contributed by atoms with Gasteiger partial charge in [-0.3, -0.25) is 9.69 Å². The van der Waals surface area contributed by atoms with E-state index >= 15 is 0 Å². The van der Waals surface area contributed by atoms with Gasteiger partial charge in [0.05, 0.1) is 7.11 Å². The summed E-state index contributed by atoms with van der Waals surface area (Å²) in [6.45, 7) is 4.88. The molecule has 0 aromatic heterocycles. The number of benzene rings is 2. The average Bonchev–Trinajstić information content (AvgIpc) is 2.69. The van der Waals surface area contributed by atoms with E-state index in [0.29, 0.717) is 0 Å². The lowest BCUT2D eigenvalue weighted by Gasteiger charge is -2.32. The monoisotopic (exact) mass is 368 g/mol. The number of nitrogens with zero attached hydrogens (tertiary/aromatic N) is 1. The molecule has 5 nitrogen and oxygen atoms in total. The molecule has 0 spiro atoms. The molecular formula is C22H28N2O3. The molecule has 3 rings (SSSR count). The molecule has 0 aliphatic carbocycles. The van der Waals surface area contributed by atoms with Gasteiger partial charge in [0.2, 0.25) is 0 Å². The molecule has 27 heavy (non-hydrogen) atoms. The van der Waals surface area contributed by atoms with Crippen LogP contribution in [0.4, 0.5) is 0 Å². The van der Waals surface area contributed by atoms with Crippen LogP contribution in [0.1, 0.15) is 24.0 Å². The molecule has 1 N–H and O–H groups in total. The lowest BCUT2D eigenvalue weighted by molar-refractivity contribution is -0.124. The van der Waals surface area contributed by atoms with Gasteiger partial charge in [0.1, 0.15) is 11.5 Å². The van der Waals surface area contributed by atoms with Gasteiger partial charge in [-0.25, -0.2) is 0 Å². The number of hydrogen-bond acceptors (Lipinski definition) is 4. The molecule has 0 saturated carbocycles. The van der Waals surface area contributed by atoms with Gasteiger partial charge in [0.15, 0.2) is 6.61 Å². The number of likely N-dealkylation sites (tertiary alicyclic amines) is 1. The molecule has 0 bridgehead atoms. The summed E-state index contributed by atoms with van der Waals surface area (Å²) >= 11 is 0. The van der Waals surface area contributed by atoms with Gasteiger partial charge in [0, 0.05) is 31.2 Å². The van der Waals surface area contributed by atoms with Gasteiger partial charge in [-0.1, -0.05) is 35.9 Å². The third-order valence-corrected chi connectivity index (χ3v) is 4.93. The maximum absolute atomic E-state index is 12.1. The zero-order valence-corrected chi connectivity index (χ0v) is 16.1. The zero-order chi connectivity index (χ0) is 19.1. The van der Waals surface area contributed by atoms with Crippen molar-refractivity contribution in [2.45, 2.75) is 32.4 Å². The second-order valence-electron chi connectivity index (χ2n) is 7.03. The second-order valence-corrected chi connectivity index (χ2v) is 7.03. The molecule has 2 aromatic carbocycles. The third-order valence-electron chi connectivity index (χ3n) is 4.93. The Morgan fingerprint density at radius 2 is 1.81 bits per heavy atom. The first-order valence-corrected chi connectivity index (χ1v) is 9.47. The number of aryl methyl sites for hydroxylation is 1. The van der Waals surface area contributed by atoms with Crippen LogP contribution in [0.25, 0.3) is 0 Å². The predicted octanol–water partition coefficient (Wildman–Crippen LogP) is 3.16. The number of para-hydroxylation sites is 1. The van der Waals surface area contributed by atoms with Crippen molar-refractivity contribution >= 4 is 5.91 Å². The van der Waals surface area contributed by atoms with E-state index in [9.17, 15) is 4.79 Å². The summed E-state index contributed by atoms with van der Waals surface area (Å²) in [4.78, 5) is 14.5. The van der Waals surface area contributed by atoms with E-state index in [1.165, 1.54) is 11.1 Å². The summed E-state index contributed by atoms with van der Waals surface area (Å²) in [7, 11) is 1.71. The number of hydrogen-bond donors (Lipinski definition) is 1. The second kappa shape index (κ2) is 9.42. The summed E-state index contributed by atoms with van der Waals surface area (Å²) in [5, 5.41) is 3.09. The number of rotatable bonds is 7. The number of amides is 1. The minimum Gasteiger partial charge on any atom is -0.496 e.